The number of hydrogen-bond acceptors (Lipinski definition) is 2. The molecule has 2 aromatic carbocycles. The van der Waals surface area contributed by atoms with E-state index in [0.717, 1.165) is 88.7 Å². The predicted octanol–water partition coefficient (Wildman–Crippen LogP) is 6.52. The normalized spacial score (nSPS) is 17.3. The zero-order valence-electron chi connectivity index (χ0n) is 21.0. The molecule has 3 aromatic rings. The number of carbonyl (C=O) groups is 1. The number of anilines is 1. The lowest BCUT2D eigenvalue weighted by Crippen LogP contribution is -2.37. The van der Waals surface area contributed by atoms with Gasteiger partial charge in [0.05, 0.1) is 0 Å². The van der Waals surface area contributed by atoms with Crippen LogP contribution in [0.5, 0.6) is 0 Å². The summed E-state index contributed by atoms with van der Waals surface area (Å²) in [6.45, 7) is 7.30. The Morgan fingerprint density at radius 2 is 1.74 bits per heavy atom. The molecule has 1 fully saturated rings. The molecule has 0 aliphatic carbocycles. The number of aryl methyl sites for hydroxylation is 2. The third-order valence-corrected chi connectivity index (χ3v) is 7.95. The number of carbonyl (C=O) groups excluding carboxylic acids is 1. The molecule has 0 unspecified atom stereocenters. The average Bonchev–Trinajstić information content (AvgIpc) is 3.24. The van der Waals surface area contributed by atoms with E-state index < -0.39 is 0 Å². The molecule has 0 radical (unpaired) electrons. The van der Waals surface area contributed by atoms with Crippen molar-refractivity contribution in [2.75, 3.05) is 31.1 Å². The smallest absolute Gasteiger partial charge is 0.227 e. The van der Waals surface area contributed by atoms with Crippen LogP contribution in [0, 0.1) is 5.82 Å². The molecular formula is C30H38FN3O. The molecule has 4 nitrogen and oxygen atoms in total. The molecule has 0 atom stereocenters. The Labute approximate surface area is 208 Å². The topological polar surface area (TPSA) is 28.5 Å². The fourth-order valence-electron chi connectivity index (χ4n) is 5.95. The Hall–Kier alpha value is -2.66. The van der Waals surface area contributed by atoms with E-state index in [2.05, 4.69) is 40.8 Å². The summed E-state index contributed by atoms with van der Waals surface area (Å²) in [6.07, 6.45) is 10.5. The van der Waals surface area contributed by atoms with Crippen molar-refractivity contribution >= 4 is 22.5 Å². The van der Waals surface area contributed by atoms with Gasteiger partial charge in [-0.1, -0.05) is 31.5 Å². The van der Waals surface area contributed by atoms with Gasteiger partial charge in [-0.15, -0.1) is 0 Å². The van der Waals surface area contributed by atoms with Crippen molar-refractivity contribution in [3.05, 3.63) is 65.6 Å². The van der Waals surface area contributed by atoms with Crippen LogP contribution in [-0.4, -0.2) is 41.6 Å². The van der Waals surface area contributed by atoms with Gasteiger partial charge in [0.2, 0.25) is 5.91 Å². The number of para-hydroxylation sites is 1. The Bertz CT molecular complexity index is 1160. The summed E-state index contributed by atoms with van der Waals surface area (Å²) in [5, 5.41) is 1.10. The highest BCUT2D eigenvalue weighted by atomic mass is 19.1. The summed E-state index contributed by atoms with van der Waals surface area (Å²) in [4.78, 5) is 17.1. The third kappa shape index (κ3) is 5.30. The van der Waals surface area contributed by atoms with Crippen LogP contribution in [0.15, 0.2) is 48.7 Å². The quantitative estimate of drug-likeness (QED) is 0.330. The van der Waals surface area contributed by atoms with Crippen LogP contribution in [0.4, 0.5) is 10.1 Å². The molecule has 3 heterocycles. The van der Waals surface area contributed by atoms with E-state index in [1.165, 1.54) is 16.6 Å². The standard InChI is InChI=1S/C30H38FN3O/c1-2-3-17-33-22-27(26-21-25(31)11-12-29(26)33)23-14-19-32(20-15-23)16-6-7-18-34-28-9-5-4-8-24(28)10-13-30(34)35/h4-5,8-9,11-12,21-23H,2-3,6-7,10,13-20H2,1H3. The highest BCUT2D eigenvalue weighted by Gasteiger charge is 2.25. The monoisotopic (exact) mass is 475 g/mol. The zero-order valence-corrected chi connectivity index (χ0v) is 21.0. The lowest BCUT2D eigenvalue weighted by atomic mass is 9.89. The van der Waals surface area contributed by atoms with E-state index in [0.29, 0.717) is 12.3 Å². The number of benzene rings is 2. The van der Waals surface area contributed by atoms with Gasteiger partial charge in [0, 0.05) is 42.3 Å². The van der Waals surface area contributed by atoms with Crippen LogP contribution in [0.25, 0.3) is 10.9 Å². The van der Waals surface area contributed by atoms with Gasteiger partial charge in [0.15, 0.2) is 0 Å². The van der Waals surface area contributed by atoms with Crippen LogP contribution in [0.2, 0.25) is 0 Å². The minimum atomic E-state index is -0.140. The van der Waals surface area contributed by atoms with E-state index in [-0.39, 0.29) is 11.7 Å². The Morgan fingerprint density at radius 1 is 0.943 bits per heavy atom. The van der Waals surface area contributed by atoms with Crippen LogP contribution in [0.3, 0.4) is 0 Å². The van der Waals surface area contributed by atoms with Gasteiger partial charge in [-0.05, 0) is 99.5 Å². The van der Waals surface area contributed by atoms with E-state index in [1.807, 2.05) is 17.0 Å². The number of unbranched alkanes of at least 4 members (excludes halogenated alkanes) is 2. The number of amides is 1. The summed E-state index contributed by atoms with van der Waals surface area (Å²) in [5.74, 6) is 0.624. The van der Waals surface area contributed by atoms with Gasteiger partial charge in [0.25, 0.3) is 0 Å². The Balaban J connectivity index is 1.14. The first-order chi connectivity index (χ1) is 17.1. The second-order valence-electron chi connectivity index (χ2n) is 10.3. The molecule has 5 rings (SSSR count). The molecule has 1 amide bonds. The number of likely N-dealkylation sites (tertiary alicyclic amines) is 1. The summed E-state index contributed by atoms with van der Waals surface area (Å²) in [5.41, 5.74) is 4.91. The lowest BCUT2D eigenvalue weighted by molar-refractivity contribution is -0.118. The highest BCUT2D eigenvalue weighted by Crippen LogP contribution is 2.35. The third-order valence-electron chi connectivity index (χ3n) is 7.95. The summed E-state index contributed by atoms with van der Waals surface area (Å²) in [6, 6.07) is 13.6. The van der Waals surface area contributed by atoms with E-state index in [4.69, 9.17) is 0 Å². The first-order valence-electron chi connectivity index (χ1n) is 13.5. The summed E-state index contributed by atoms with van der Waals surface area (Å²) in [7, 11) is 0. The molecule has 0 bridgehead atoms. The van der Waals surface area contributed by atoms with Crippen molar-refractivity contribution in [1.82, 2.24) is 9.47 Å². The largest absolute Gasteiger partial charge is 0.347 e. The van der Waals surface area contributed by atoms with Gasteiger partial charge in [-0.2, -0.15) is 0 Å². The van der Waals surface area contributed by atoms with Crippen LogP contribution >= 0.6 is 0 Å². The van der Waals surface area contributed by atoms with Crippen LogP contribution < -0.4 is 4.90 Å². The maximum Gasteiger partial charge on any atom is 0.227 e. The van der Waals surface area contributed by atoms with Crippen molar-refractivity contribution in [1.29, 1.82) is 0 Å². The summed E-state index contributed by atoms with van der Waals surface area (Å²) >= 11 is 0. The zero-order chi connectivity index (χ0) is 24.2. The maximum absolute atomic E-state index is 14.1. The molecule has 2 aliphatic heterocycles. The van der Waals surface area contributed by atoms with Gasteiger partial charge in [0.1, 0.15) is 5.82 Å². The van der Waals surface area contributed by atoms with Gasteiger partial charge in [-0.3, -0.25) is 4.79 Å². The fourth-order valence-corrected chi connectivity index (χ4v) is 5.95. The maximum atomic E-state index is 14.1. The molecule has 0 saturated carbocycles. The molecule has 2 aliphatic rings. The number of nitrogens with zero attached hydrogens (tertiary/aromatic N) is 3. The van der Waals surface area contributed by atoms with Crippen LogP contribution in [0.1, 0.15) is 68.9 Å². The van der Waals surface area contributed by atoms with Crippen molar-refractivity contribution in [2.45, 2.75) is 70.8 Å². The van der Waals surface area contributed by atoms with Gasteiger partial charge in [-0.25, -0.2) is 4.39 Å². The average molecular weight is 476 g/mol. The minimum absolute atomic E-state index is 0.140. The molecule has 0 spiro atoms. The van der Waals surface area contributed by atoms with Crippen LogP contribution in [-0.2, 0) is 17.8 Å². The van der Waals surface area contributed by atoms with Crippen molar-refractivity contribution in [3.8, 4) is 0 Å². The fraction of sp³-hybridized carbons (Fsp3) is 0.500. The molecule has 5 heteroatoms. The number of piperidine rings is 1. The first kappa shape index (κ1) is 24.1. The van der Waals surface area contributed by atoms with E-state index in [9.17, 15) is 9.18 Å². The summed E-state index contributed by atoms with van der Waals surface area (Å²) < 4.78 is 16.4. The van der Waals surface area contributed by atoms with Crippen molar-refractivity contribution in [3.63, 3.8) is 0 Å². The molecule has 186 valence electrons. The number of fused-ring (bicyclic) bond motifs is 2. The predicted molar refractivity (Wildman–Crippen MR) is 142 cm³/mol. The number of hydrogen-bond donors (Lipinski definition) is 0. The highest BCUT2D eigenvalue weighted by molar-refractivity contribution is 5.96. The first-order valence-corrected chi connectivity index (χ1v) is 13.5. The number of aromatic nitrogens is 1. The van der Waals surface area contributed by atoms with E-state index in [1.54, 1.807) is 12.1 Å². The Morgan fingerprint density at radius 3 is 2.57 bits per heavy atom. The second-order valence-corrected chi connectivity index (χ2v) is 10.3. The number of rotatable bonds is 9. The van der Waals surface area contributed by atoms with Crippen molar-refractivity contribution in [2.24, 2.45) is 0 Å². The van der Waals surface area contributed by atoms with Gasteiger partial charge >= 0.3 is 0 Å². The lowest BCUT2D eigenvalue weighted by Gasteiger charge is -2.32. The molecule has 0 N–H and O–H groups in total. The molecule has 1 saturated heterocycles. The van der Waals surface area contributed by atoms with E-state index >= 15 is 0 Å². The molecule has 35 heavy (non-hydrogen) atoms. The van der Waals surface area contributed by atoms with Gasteiger partial charge < -0.3 is 14.4 Å². The molecule has 1 aromatic heterocycles. The SMILES string of the molecule is CCCCn1cc(C2CCN(CCCCN3C(=O)CCc4ccccc43)CC2)c2cc(F)ccc21. The minimum Gasteiger partial charge on any atom is -0.347 e. The Kier molecular flexibility index (Phi) is 7.52. The second kappa shape index (κ2) is 10.9. The van der Waals surface area contributed by atoms with Crippen molar-refractivity contribution < 1.29 is 9.18 Å². The number of halogens is 1. The molecular weight excluding hydrogens is 437 g/mol.